The highest BCUT2D eigenvalue weighted by molar-refractivity contribution is 8.13. The fourth-order valence-corrected chi connectivity index (χ4v) is 7.75. The van der Waals surface area contributed by atoms with Crippen LogP contribution >= 0.6 is 0 Å². The lowest BCUT2D eigenvalue weighted by molar-refractivity contribution is -0.914. The van der Waals surface area contributed by atoms with Gasteiger partial charge in [-0.25, -0.2) is 33.7 Å². The molecule has 0 aliphatic carbocycles. The van der Waals surface area contributed by atoms with E-state index in [1.165, 1.54) is 99.6 Å². The number of likely N-dealkylation sites (tertiary alicyclic amines) is 2. The molecule has 0 saturated carbocycles. The summed E-state index contributed by atoms with van der Waals surface area (Å²) in [6.07, 6.45) is 11.4. The van der Waals surface area contributed by atoms with Crippen LogP contribution in [-0.4, -0.2) is 118 Å². The second-order valence-electron chi connectivity index (χ2n) is 11.5. The van der Waals surface area contributed by atoms with Crippen LogP contribution in [0, 0.1) is 0 Å². The number of quaternary nitrogens is 2. The fourth-order valence-electron chi connectivity index (χ4n) is 4.33. The van der Waals surface area contributed by atoms with Gasteiger partial charge in [-0.3, -0.25) is 0 Å². The third-order valence-corrected chi connectivity index (χ3v) is 12.4. The van der Waals surface area contributed by atoms with Crippen LogP contribution < -0.4 is 0 Å². The van der Waals surface area contributed by atoms with Crippen LogP contribution in [0.4, 0.5) is 52.7 Å². The Hall–Kier alpha value is -1.20. The maximum Gasteiger partial charge on any atom is 0.480 e. The Bertz CT molecular complexity index is 1290. The first-order chi connectivity index (χ1) is 21.9. The average molecular weight is 845 g/mol. The van der Waals surface area contributed by atoms with Crippen LogP contribution in [0.1, 0.15) is 65.2 Å². The minimum atomic E-state index is -6.72. The van der Waals surface area contributed by atoms with E-state index in [4.69, 9.17) is 0 Å². The molecule has 2 aliphatic heterocycles. The summed E-state index contributed by atoms with van der Waals surface area (Å²) in [6, 6.07) is 0. The summed E-state index contributed by atoms with van der Waals surface area (Å²) in [5, 5.41) is 0. The molecule has 0 radical (unpaired) electrons. The van der Waals surface area contributed by atoms with E-state index in [0.717, 1.165) is 8.25 Å². The highest BCUT2D eigenvalue weighted by Crippen LogP contribution is 2.37. The van der Waals surface area contributed by atoms with Crippen molar-refractivity contribution in [2.75, 3.05) is 53.4 Å². The van der Waals surface area contributed by atoms with E-state index in [-0.39, 0.29) is 0 Å². The summed E-state index contributed by atoms with van der Waals surface area (Å²) in [6.45, 7) is 13.1. The van der Waals surface area contributed by atoms with Gasteiger partial charge in [0.05, 0.1) is 53.4 Å². The number of alkyl halides is 12. The Labute approximate surface area is 283 Å². The number of hydrogen-bond acceptors (Lipinski definition) is 8. The third kappa shape index (κ3) is 17.5. The molecule has 0 aromatic rings. The zero-order valence-electron chi connectivity index (χ0n) is 27.1. The number of sulfonamides is 4. The summed E-state index contributed by atoms with van der Waals surface area (Å²) in [4.78, 5) is 0. The molecule has 28 heteroatoms. The zero-order chi connectivity index (χ0) is 40.3. The first-order valence-corrected chi connectivity index (χ1v) is 20.1. The van der Waals surface area contributed by atoms with E-state index >= 15 is 0 Å². The van der Waals surface area contributed by atoms with Crippen LogP contribution in [0.5, 0.6) is 0 Å². The number of rotatable bonds is 9. The van der Waals surface area contributed by atoms with Gasteiger partial charge in [-0.1, -0.05) is 20.3 Å². The van der Waals surface area contributed by atoms with Crippen molar-refractivity contribution >= 4 is 40.1 Å². The molecule has 2 rings (SSSR count). The molecule has 2 aliphatic rings. The predicted octanol–water partition coefficient (Wildman–Crippen LogP) is 6.17. The van der Waals surface area contributed by atoms with Crippen molar-refractivity contribution in [3.8, 4) is 0 Å². The highest BCUT2D eigenvalue weighted by Gasteiger charge is 2.48. The maximum absolute atomic E-state index is 11.4. The van der Waals surface area contributed by atoms with Gasteiger partial charge in [0.1, 0.15) is 0 Å². The van der Waals surface area contributed by atoms with E-state index < -0.39 is 62.1 Å². The highest BCUT2D eigenvalue weighted by atomic mass is 32.3. The van der Waals surface area contributed by atoms with Crippen LogP contribution in [0.25, 0.3) is 8.25 Å². The molecule has 12 nitrogen and oxygen atoms in total. The number of nitrogens with zero attached hydrogens (tertiary/aromatic N) is 4. The monoisotopic (exact) mass is 844 g/mol. The first-order valence-electron chi connectivity index (χ1n) is 14.4. The summed E-state index contributed by atoms with van der Waals surface area (Å²) in [7, 11) is -22.1. The van der Waals surface area contributed by atoms with Gasteiger partial charge in [-0.15, -0.1) is 0 Å². The summed E-state index contributed by atoms with van der Waals surface area (Å²) in [5.74, 6) is 0. The molecule has 0 unspecified atom stereocenters. The topological polar surface area (TPSA) is 165 Å². The number of halogens is 12. The molecule has 0 aromatic heterocycles. The lowest BCUT2D eigenvalue weighted by Gasteiger charge is -2.37. The molecule has 0 spiro atoms. The van der Waals surface area contributed by atoms with E-state index in [1.807, 2.05) is 0 Å². The minimum Gasteiger partial charge on any atom is -0.421 e. The SMILES string of the molecule is CCCC[N+]1(C)CCCC1.CCC[N+]1(C)CCCCC1.O=S(=O)([N-]S(=O)(=O)C(F)(F)F)C(F)(F)F.O=S(=O)([N-]S(=O)(=O)C(F)(F)F)C(F)(F)F. The summed E-state index contributed by atoms with van der Waals surface area (Å²) in [5.41, 5.74) is -24.8. The number of hydrogen-bond donors (Lipinski definition) is 0. The molecule has 50 heavy (non-hydrogen) atoms. The van der Waals surface area contributed by atoms with E-state index in [1.54, 1.807) is 0 Å². The van der Waals surface area contributed by atoms with Crippen molar-refractivity contribution in [2.24, 2.45) is 0 Å². The molecule has 0 bridgehead atoms. The van der Waals surface area contributed by atoms with Crippen LogP contribution in [0.2, 0.25) is 0 Å². The molecule has 304 valence electrons. The van der Waals surface area contributed by atoms with Crippen LogP contribution in [-0.2, 0) is 40.1 Å². The van der Waals surface area contributed by atoms with Gasteiger partial charge < -0.3 is 17.2 Å². The van der Waals surface area contributed by atoms with Gasteiger partial charge >= 0.3 is 22.0 Å². The van der Waals surface area contributed by atoms with Crippen molar-refractivity contribution in [3.63, 3.8) is 0 Å². The maximum atomic E-state index is 11.4. The standard InChI is InChI=1S/2C9H20N.2C2F6NO4S2/c1-3-7-10(2)8-5-4-6-9-10;1-3-4-7-10(2)8-5-6-9-10;2*3-1(4,5)14(10,11)9-15(12,13)2(6,7)8/h2*3-9H2,1-2H3;;/q2*+1;2*-1. The quantitative estimate of drug-likeness (QED) is 0.196. The van der Waals surface area contributed by atoms with Crippen molar-refractivity contribution in [1.29, 1.82) is 0 Å². The van der Waals surface area contributed by atoms with Crippen molar-refractivity contribution < 1.29 is 95.3 Å². The Morgan fingerprint density at radius 2 is 0.680 bits per heavy atom. The number of unbranched alkanes of at least 4 members (excludes halogenated alkanes) is 1. The van der Waals surface area contributed by atoms with E-state index in [0.29, 0.717) is 0 Å². The van der Waals surface area contributed by atoms with Gasteiger partial charge in [-0.05, 0) is 32.1 Å². The Kier molecular flexibility index (Phi) is 19.1. The minimum absolute atomic E-state index is 0.778. The third-order valence-electron chi connectivity index (χ3n) is 6.92. The largest absolute Gasteiger partial charge is 0.480 e. The summed E-state index contributed by atoms with van der Waals surface area (Å²) < 4.78 is 221. The molecule has 2 saturated heterocycles. The van der Waals surface area contributed by atoms with Gasteiger partial charge in [0, 0.05) is 12.8 Å². The Balaban J connectivity index is 0. The van der Waals surface area contributed by atoms with Crippen molar-refractivity contribution in [1.82, 2.24) is 0 Å². The average Bonchev–Trinajstić information content (AvgIpc) is 3.32. The molecule has 2 fully saturated rings. The molecule has 0 N–H and O–H groups in total. The summed E-state index contributed by atoms with van der Waals surface area (Å²) >= 11 is 0. The molecular formula is C22H40F12N4O8S4. The van der Waals surface area contributed by atoms with Crippen LogP contribution in [0.3, 0.4) is 0 Å². The molecule has 0 amide bonds. The number of piperidine rings is 1. The first kappa shape index (κ1) is 50.9. The van der Waals surface area contributed by atoms with Crippen molar-refractivity contribution in [3.05, 3.63) is 8.25 Å². The normalized spacial score (nSPS) is 18.8. The Morgan fingerprint density at radius 1 is 0.440 bits per heavy atom. The lowest BCUT2D eigenvalue weighted by atomic mass is 10.1. The van der Waals surface area contributed by atoms with Gasteiger partial charge in [0.2, 0.25) is 0 Å². The smallest absolute Gasteiger partial charge is 0.421 e. The zero-order valence-corrected chi connectivity index (χ0v) is 30.4. The van der Waals surface area contributed by atoms with Crippen LogP contribution in [0.15, 0.2) is 0 Å². The predicted molar refractivity (Wildman–Crippen MR) is 156 cm³/mol. The Morgan fingerprint density at radius 3 is 0.900 bits per heavy atom. The lowest BCUT2D eigenvalue weighted by Crippen LogP contribution is -2.48. The second-order valence-corrected chi connectivity index (χ2v) is 18.4. The van der Waals surface area contributed by atoms with Gasteiger partial charge in [-0.2, -0.15) is 52.7 Å². The second kappa shape index (κ2) is 18.7. The van der Waals surface area contributed by atoms with Gasteiger partial charge in [0.25, 0.3) is 0 Å². The molecule has 2 heterocycles. The molecule has 0 atom stereocenters. The molecular weight excluding hydrogens is 805 g/mol. The van der Waals surface area contributed by atoms with Crippen molar-refractivity contribution in [2.45, 2.75) is 87.2 Å². The fraction of sp³-hybridized carbons (Fsp3) is 1.00. The van der Waals surface area contributed by atoms with Gasteiger partial charge in [0.15, 0.2) is 40.1 Å². The van der Waals surface area contributed by atoms with E-state index in [2.05, 4.69) is 27.9 Å². The van der Waals surface area contributed by atoms with E-state index in [9.17, 15) is 86.4 Å². The molecule has 0 aromatic carbocycles.